The normalized spacial score (nSPS) is 18.2. The maximum absolute atomic E-state index is 8.82. The predicted molar refractivity (Wildman–Crippen MR) is 78.0 cm³/mol. The van der Waals surface area contributed by atoms with E-state index in [0.29, 0.717) is 17.4 Å². The highest BCUT2D eigenvalue weighted by atomic mass is 16.4. The van der Waals surface area contributed by atoms with Crippen LogP contribution in [0.3, 0.4) is 0 Å². The van der Waals surface area contributed by atoms with E-state index < -0.39 is 0 Å². The first-order valence-corrected chi connectivity index (χ1v) is 6.80. The third kappa shape index (κ3) is 3.36. The molecule has 0 saturated carbocycles. The van der Waals surface area contributed by atoms with Crippen LogP contribution < -0.4 is 10.6 Å². The van der Waals surface area contributed by atoms with Crippen molar-refractivity contribution in [2.24, 2.45) is 16.8 Å². The quantitative estimate of drug-likeness (QED) is 0.357. The van der Waals surface area contributed by atoms with E-state index in [-0.39, 0.29) is 5.84 Å². The van der Waals surface area contributed by atoms with Crippen LogP contribution >= 0.6 is 0 Å². The fourth-order valence-electron chi connectivity index (χ4n) is 2.56. The number of hydrogen-bond donors (Lipinski definition) is 2. The maximum atomic E-state index is 8.82. The van der Waals surface area contributed by atoms with Crippen molar-refractivity contribution in [1.82, 2.24) is 14.9 Å². The van der Waals surface area contributed by atoms with Gasteiger partial charge >= 0.3 is 0 Å². The first kappa shape index (κ1) is 14.5. The number of piperidine rings is 1. The van der Waals surface area contributed by atoms with Crippen LogP contribution in [-0.2, 0) is 0 Å². The van der Waals surface area contributed by atoms with Crippen LogP contribution in [0, 0.1) is 5.92 Å². The highest BCUT2D eigenvalue weighted by Crippen LogP contribution is 2.20. The first-order valence-electron chi connectivity index (χ1n) is 6.80. The molecule has 1 aliphatic heterocycles. The van der Waals surface area contributed by atoms with Gasteiger partial charge in [0.25, 0.3) is 0 Å². The van der Waals surface area contributed by atoms with Crippen molar-refractivity contribution in [1.29, 1.82) is 0 Å². The lowest BCUT2D eigenvalue weighted by Crippen LogP contribution is -2.36. The van der Waals surface area contributed by atoms with Crippen molar-refractivity contribution in [3.63, 3.8) is 0 Å². The minimum Gasteiger partial charge on any atom is -0.409 e. The number of nitrogens with zero attached hydrogens (tertiary/aromatic N) is 5. The van der Waals surface area contributed by atoms with Crippen molar-refractivity contribution in [3.05, 3.63) is 18.1 Å². The van der Waals surface area contributed by atoms with Crippen molar-refractivity contribution in [3.8, 4) is 0 Å². The second-order valence-corrected chi connectivity index (χ2v) is 5.34. The Morgan fingerprint density at radius 3 is 2.75 bits per heavy atom. The number of aromatic nitrogens is 2. The molecule has 2 heterocycles. The van der Waals surface area contributed by atoms with E-state index in [9.17, 15) is 0 Å². The molecule has 0 radical (unpaired) electrons. The summed E-state index contributed by atoms with van der Waals surface area (Å²) in [4.78, 5) is 12.8. The molecule has 0 unspecified atom stereocenters. The molecule has 1 fully saturated rings. The Morgan fingerprint density at radius 1 is 1.45 bits per heavy atom. The van der Waals surface area contributed by atoms with E-state index in [2.05, 4.69) is 27.1 Å². The zero-order valence-corrected chi connectivity index (χ0v) is 12.0. The maximum Gasteiger partial charge on any atom is 0.192 e. The van der Waals surface area contributed by atoms with Gasteiger partial charge in [-0.1, -0.05) is 5.16 Å². The number of oxime groups is 1. The number of anilines is 1. The fourth-order valence-corrected chi connectivity index (χ4v) is 2.56. The smallest absolute Gasteiger partial charge is 0.192 e. The van der Waals surface area contributed by atoms with Crippen molar-refractivity contribution < 1.29 is 5.21 Å². The van der Waals surface area contributed by atoms with Gasteiger partial charge in [-0.2, -0.15) is 0 Å². The van der Waals surface area contributed by atoms with E-state index in [1.807, 2.05) is 11.9 Å². The molecule has 0 spiro atoms. The summed E-state index contributed by atoms with van der Waals surface area (Å²) in [7, 11) is 4.12. The van der Waals surface area contributed by atoms with E-state index in [0.717, 1.165) is 19.6 Å². The Kier molecular flexibility index (Phi) is 4.73. The second kappa shape index (κ2) is 6.51. The van der Waals surface area contributed by atoms with Gasteiger partial charge in [-0.3, -0.25) is 0 Å². The van der Waals surface area contributed by atoms with Gasteiger partial charge in [0.1, 0.15) is 0 Å². The zero-order valence-electron chi connectivity index (χ0n) is 12.0. The van der Waals surface area contributed by atoms with Crippen molar-refractivity contribution in [2.75, 3.05) is 38.6 Å². The molecule has 0 amide bonds. The molecule has 0 aliphatic carbocycles. The summed E-state index contributed by atoms with van der Waals surface area (Å²) >= 11 is 0. The van der Waals surface area contributed by atoms with Gasteiger partial charge in [-0.25, -0.2) is 9.97 Å². The molecule has 3 N–H and O–H groups in total. The molecule has 0 atom stereocenters. The van der Waals surface area contributed by atoms with Crippen LogP contribution in [0.4, 0.5) is 5.82 Å². The van der Waals surface area contributed by atoms with Crippen LogP contribution in [0.1, 0.15) is 18.5 Å². The fraction of sp³-hybridized carbons (Fsp3) is 0.615. The second-order valence-electron chi connectivity index (χ2n) is 5.34. The number of nitrogens with two attached hydrogens (primary N) is 1. The van der Waals surface area contributed by atoms with Crippen LogP contribution in [-0.4, -0.2) is 59.6 Å². The summed E-state index contributed by atoms with van der Waals surface area (Å²) in [6, 6.07) is 0. The molecular weight excluding hydrogens is 256 g/mol. The molecule has 0 aromatic carbocycles. The Hall–Kier alpha value is -1.89. The average molecular weight is 278 g/mol. The molecule has 7 nitrogen and oxygen atoms in total. The van der Waals surface area contributed by atoms with Gasteiger partial charge in [-0.15, -0.1) is 0 Å². The molecule has 110 valence electrons. The molecule has 1 saturated heterocycles. The molecule has 20 heavy (non-hydrogen) atoms. The minimum atomic E-state index is -0.0108. The summed E-state index contributed by atoms with van der Waals surface area (Å²) in [6.07, 6.45) is 5.52. The van der Waals surface area contributed by atoms with Gasteiger partial charge in [-0.05, 0) is 38.9 Å². The van der Waals surface area contributed by atoms with Crippen LogP contribution in [0.5, 0.6) is 0 Å². The van der Waals surface area contributed by atoms with Crippen LogP contribution in [0.2, 0.25) is 0 Å². The Morgan fingerprint density at radius 2 is 2.10 bits per heavy atom. The molecule has 7 heteroatoms. The molecule has 2 rings (SSSR count). The lowest BCUT2D eigenvalue weighted by molar-refractivity contribution is 0.222. The Bertz CT molecular complexity index is 470. The largest absolute Gasteiger partial charge is 0.409 e. The van der Waals surface area contributed by atoms with Gasteiger partial charge < -0.3 is 20.7 Å². The summed E-state index contributed by atoms with van der Waals surface area (Å²) in [5.74, 6) is 1.28. The van der Waals surface area contributed by atoms with Crippen LogP contribution in [0.15, 0.2) is 17.5 Å². The lowest BCUT2D eigenvalue weighted by Gasteiger charge is -2.32. The molecule has 1 aliphatic rings. The van der Waals surface area contributed by atoms with E-state index in [4.69, 9.17) is 10.9 Å². The molecule has 1 aromatic heterocycles. The number of rotatable bonds is 4. The SMILES string of the molecule is CN1CCC(CN(C)c2nccnc2C(N)=NO)CC1. The highest BCUT2D eigenvalue weighted by Gasteiger charge is 2.21. The highest BCUT2D eigenvalue weighted by molar-refractivity contribution is 5.99. The summed E-state index contributed by atoms with van der Waals surface area (Å²) in [5.41, 5.74) is 6.07. The predicted octanol–water partition coefficient (Wildman–Crippen LogP) is 0.349. The standard InChI is InChI=1S/C13H22N6O/c1-18-7-3-10(4-8-18)9-19(2)13-11(12(14)17-20)15-5-6-16-13/h5-6,10,20H,3-4,7-9H2,1-2H3,(H2,14,17). The lowest BCUT2D eigenvalue weighted by atomic mass is 9.96. The van der Waals surface area contributed by atoms with Crippen molar-refractivity contribution >= 4 is 11.7 Å². The van der Waals surface area contributed by atoms with Gasteiger partial charge in [0.2, 0.25) is 0 Å². The topological polar surface area (TPSA) is 90.9 Å². The van der Waals surface area contributed by atoms with Gasteiger partial charge in [0.15, 0.2) is 17.3 Å². The average Bonchev–Trinajstić information content (AvgIpc) is 2.48. The summed E-state index contributed by atoms with van der Waals surface area (Å²) < 4.78 is 0. The third-order valence-corrected chi connectivity index (χ3v) is 3.76. The Labute approximate surface area is 119 Å². The number of likely N-dealkylation sites (tertiary alicyclic amines) is 1. The van der Waals surface area contributed by atoms with Crippen LogP contribution in [0.25, 0.3) is 0 Å². The van der Waals surface area contributed by atoms with E-state index in [1.54, 1.807) is 12.4 Å². The van der Waals surface area contributed by atoms with E-state index >= 15 is 0 Å². The van der Waals surface area contributed by atoms with E-state index in [1.165, 1.54) is 12.8 Å². The summed E-state index contributed by atoms with van der Waals surface area (Å²) in [6.45, 7) is 3.16. The van der Waals surface area contributed by atoms with Crippen molar-refractivity contribution in [2.45, 2.75) is 12.8 Å². The number of hydrogen-bond acceptors (Lipinski definition) is 6. The molecule has 0 bridgehead atoms. The first-order chi connectivity index (χ1) is 9.61. The number of amidine groups is 1. The third-order valence-electron chi connectivity index (χ3n) is 3.76. The monoisotopic (exact) mass is 278 g/mol. The zero-order chi connectivity index (χ0) is 14.5. The molecule has 1 aromatic rings. The van der Waals surface area contributed by atoms with Gasteiger partial charge in [0, 0.05) is 26.0 Å². The summed E-state index contributed by atoms with van der Waals surface area (Å²) in [5, 5.41) is 11.8. The minimum absolute atomic E-state index is 0.0108. The van der Waals surface area contributed by atoms with Gasteiger partial charge in [0.05, 0.1) is 0 Å². The Balaban J connectivity index is 2.07. The molecular formula is C13H22N6O.